The summed E-state index contributed by atoms with van der Waals surface area (Å²) in [5.41, 5.74) is 5.22. The largest absolute Gasteiger partial charge is 0.399 e. The standard InChI is InChI=1S/C13H20F2N2O3S/c1-3-10(4-2)17(5-6-18)21(19,20)12-8-9(16)7-11(14)13(12)15/h7-8,10,18H,3-6,16H2,1-2H3. The summed E-state index contributed by atoms with van der Waals surface area (Å²) in [7, 11) is -4.28. The summed E-state index contributed by atoms with van der Waals surface area (Å²) in [6, 6.07) is 1.20. The monoisotopic (exact) mass is 322 g/mol. The number of nitrogens with zero attached hydrogens (tertiary/aromatic N) is 1. The van der Waals surface area contributed by atoms with Crippen LogP contribution in [0.5, 0.6) is 0 Å². The molecule has 0 unspecified atom stereocenters. The van der Waals surface area contributed by atoms with Crippen molar-refractivity contribution >= 4 is 15.7 Å². The second kappa shape index (κ2) is 7.15. The summed E-state index contributed by atoms with van der Waals surface area (Å²) in [6.07, 6.45) is 0.976. The Morgan fingerprint density at radius 1 is 1.29 bits per heavy atom. The Morgan fingerprint density at radius 2 is 1.86 bits per heavy atom. The van der Waals surface area contributed by atoms with Gasteiger partial charge in [0.1, 0.15) is 4.90 Å². The number of hydrogen-bond acceptors (Lipinski definition) is 4. The predicted octanol–water partition coefficient (Wildman–Crippen LogP) is 1.72. The first-order valence-electron chi connectivity index (χ1n) is 6.66. The van der Waals surface area contributed by atoms with Crippen LogP contribution < -0.4 is 5.73 Å². The lowest BCUT2D eigenvalue weighted by Gasteiger charge is -2.29. The number of nitrogens with two attached hydrogens (primary N) is 1. The number of aliphatic hydroxyl groups is 1. The van der Waals surface area contributed by atoms with Crippen LogP contribution in [-0.4, -0.2) is 37.0 Å². The maximum absolute atomic E-state index is 13.9. The smallest absolute Gasteiger partial charge is 0.246 e. The van der Waals surface area contributed by atoms with E-state index < -0.39 is 39.2 Å². The van der Waals surface area contributed by atoms with E-state index in [1.807, 2.05) is 0 Å². The molecule has 0 heterocycles. The molecule has 0 fully saturated rings. The van der Waals surface area contributed by atoms with E-state index in [4.69, 9.17) is 10.8 Å². The minimum Gasteiger partial charge on any atom is -0.399 e. The molecule has 0 saturated heterocycles. The van der Waals surface area contributed by atoms with E-state index in [1.54, 1.807) is 13.8 Å². The van der Waals surface area contributed by atoms with E-state index in [0.717, 1.165) is 16.4 Å². The molecule has 1 aromatic carbocycles. The molecular formula is C13H20F2N2O3S. The lowest BCUT2D eigenvalue weighted by molar-refractivity contribution is 0.219. The average molecular weight is 322 g/mol. The molecular weight excluding hydrogens is 302 g/mol. The van der Waals surface area contributed by atoms with E-state index in [0.29, 0.717) is 12.8 Å². The molecule has 0 saturated carbocycles. The van der Waals surface area contributed by atoms with Gasteiger partial charge in [-0.25, -0.2) is 17.2 Å². The fraction of sp³-hybridized carbons (Fsp3) is 0.538. The Bertz CT molecular complexity index is 589. The van der Waals surface area contributed by atoms with Crippen LogP contribution in [0.2, 0.25) is 0 Å². The van der Waals surface area contributed by atoms with Crippen LogP contribution in [0.4, 0.5) is 14.5 Å². The van der Waals surface area contributed by atoms with Crippen molar-refractivity contribution in [3.05, 3.63) is 23.8 Å². The van der Waals surface area contributed by atoms with Crippen molar-refractivity contribution in [2.24, 2.45) is 0 Å². The van der Waals surface area contributed by atoms with Gasteiger partial charge in [-0.3, -0.25) is 0 Å². The van der Waals surface area contributed by atoms with Gasteiger partial charge in [-0.15, -0.1) is 0 Å². The van der Waals surface area contributed by atoms with E-state index in [-0.39, 0.29) is 12.2 Å². The number of rotatable bonds is 7. The van der Waals surface area contributed by atoms with Crippen molar-refractivity contribution in [2.45, 2.75) is 37.6 Å². The van der Waals surface area contributed by atoms with Crippen LogP contribution in [0.1, 0.15) is 26.7 Å². The van der Waals surface area contributed by atoms with Crippen molar-refractivity contribution in [2.75, 3.05) is 18.9 Å². The lowest BCUT2D eigenvalue weighted by atomic mass is 10.2. The van der Waals surface area contributed by atoms with Gasteiger partial charge in [0.25, 0.3) is 0 Å². The quantitative estimate of drug-likeness (QED) is 0.749. The van der Waals surface area contributed by atoms with Crippen molar-refractivity contribution in [3.63, 3.8) is 0 Å². The van der Waals surface area contributed by atoms with Gasteiger partial charge in [0.05, 0.1) is 6.61 Å². The van der Waals surface area contributed by atoms with Gasteiger partial charge in [-0.1, -0.05) is 13.8 Å². The van der Waals surface area contributed by atoms with E-state index in [1.165, 1.54) is 0 Å². The zero-order valence-corrected chi connectivity index (χ0v) is 12.8. The first-order valence-corrected chi connectivity index (χ1v) is 8.10. The molecule has 0 bridgehead atoms. The van der Waals surface area contributed by atoms with Gasteiger partial charge in [-0.05, 0) is 25.0 Å². The molecule has 8 heteroatoms. The Kier molecular flexibility index (Phi) is 6.06. The third-order valence-electron chi connectivity index (χ3n) is 3.27. The third-order valence-corrected chi connectivity index (χ3v) is 5.23. The van der Waals surface area contributed by atoms with Gasteiger partial charge in [0, 0.05) is 18.3 Å². The molecule has 0 aliphatic rings. The fourth-order valence-electron chi connectivity index (χ4n) is 2.19. The maximum atomic E-state index is 13.9. The first kappa shape index (κ1) is 17.8. The molecule has 21 heavy (non-hydrogen) atoms. The second-order valence-corrected chi connectivity index (χ2v) is 6.48. The van der Waals surface area contributed by atoms with Crippen LogP contribution >= 0.6 is 0 Å². The second-order valence-electron chi connectivity index (χ2n) is 4.62. The van der Waals surface area contributed by atoms with Crippen LogP contribution in [0, 0.1) is 11.6 Å². The van der Waals surface area contributed by atoms with Crippen molar-refractivity contribution < 1.29 is 22.3 Å². The number of sulfonamides is 1. The molecule has 1 aromatic rings. The zero-order valence-electron chi connectivity index (χ0n) is 12.0. The number of hydrogen-bond donors (Lipinski definition) is 2. The molecule has 0 aliphatic carbocycles. The molecule has 120 valence electrons. The van der Waals surface area contributed by atoms with Crippen LogP contribution in [0.15, 0.2) is 17.0 Å². The molecule has 0 atom stereocenters. The highest BCUT2D eigenvalue weighted by Crippen LogP contribution is 2.26. The SMILES string of the molecule is CCC(CC)N(CCO)S(=O)(=O)c1cc(N)cc(F)c1F. The highest BCUT2D eigenvalue weighted by Gasteiger charge is 2.32. The summed E-state index contributed by atoms with van der Waals surface area (Å²) >= 11 is 0. The summed E-state index contributed by atoms with van der Waals surface area (Å²) < 4.78 is 53.4. The Balaban J connectivity index is 3.42. The summed E-state index contributed by atoms with van der Waals surface area (Å²) in [5.74, 6) is -2.78. The maximum Gasteiger partial charge on any atom is 0.246 e. The van der Waals surface area contributed by atoms with Crippen molar-refractivity contribution in [3.8, 4) is 0 Å². The Hall–Kier alpha value is -1.25. The van der Waals surface area contributed by atoms with Gasteiger partial charge in [-0.2, -0.15) is 4.31 Å². The van der Waals surface area contributed by atoms with Crippen molar-refractivity contribution in [1.29, 1.82) is 0 Å². The Labute approximate surface area is 123 Å². The fourth-order valence-corrected chi connectivity index (χ4v) is 4.07. The zero-order chi connectivity index (χ0) is 16.2. The minimum absolute atomic E-state index is 0.180. The molecule has 0 aliphatic heterocycles. The molecule has 0 radical (unpaired) electrons. The highest BCUT2D eigenvalue weighted by molar-refractivity contribution is 7.89. The minimum atomic E-state index is -4.28. The number of nitrogen functional groups attached to an aromatic ring is 1. The van der Waals surface area contributed by atoms with Crippen LogP contribution in [0.3, 0.4) is 0 Å². The molecule has 0 spiro atoms. The average Bonchev–Trinajstić information content (AvgIpc) is 2.42. The molecule has 3 N–H and O–H groups in total. The summed E-state index contributed by atoms with van der Waals surface area (Å²) in [6.45, 7) is 2.96. The molecule has 0 aromatic heterocycles. The van der Waals surface area contributed by atoms with Crippen molar-refractivity contribution in [1.82, 2.24) is 4.31 Å². The third kappa shape index (κ3) is 3.69. The van der Waals surface area contributed by atoms with E-state index in [9.17, 15) is 17.2 Å². The molecule has 1 rings (SSSR count). The highest BCUT2D eigenvalue weighted by atomic mass is 32.2. The topological polar surface area (TPSA) is 83.6 Å². The number of halogens is 2. The normalized spacial score (nSPS) is 12.3. The summed E-state index contributed by atoms with van der Waals surface area (Å²) in [5, 5.41) is 9.07. The number of benzene rings is 1. The summed E-state index contributed by atoms with van der Waals surface area (Å²) in [4.78, 5) is -0.805. The van der Waals surface area contributed by atoms with Gasteiger partial charge in [0.15, 0.2) is 11.6 Å². The number of aliphatic hydroxyl groups excluding tert-OH is 1. The lowest BCUT2D eigenvalue weighted by Crippen LogP contribution is -2.41. The Morgan fingerprint density at radius 3 is 2.33 bits per heavy atom. The van der Waals surface area contributed by atoms with E-state index >= 15 is 0 Å². The molecule has 5 nitrogen and oxygen atoms in total. The predicted molar refractivity (Wildman–Crippen MR) is 76.1 cm³/mol. The van der Waals surface area contributed by atoms with Crippen LogP contribution in [-0.2, 0) is 10.0 Å². The molecule has 0 amide bonds. The van der Waals surface area contributed by atoms with Gasteiger partial charge in [0.2, 0.25) is 10.0 Å². The van der Waals surface area contributed by atoms with Gasteiger partial charge < -0.3 is 10.8 Å². The number of anilines is 1. The first-order chi connectivity index (χ1) is 9.79. The van der Waals surface area contributed by atoms with Gasteiger partial charge >= 0.3 is 0 Å². The van der Waals surface area contributed by atoms with E-state index in [2.05, 4.69) is 0 Å². The van der Waals surface area contributed by atoms with Crippen LogP contribution in [0.25, 0.3) is 0 Å².